The molecular weight excluding hydrogens is 392 g/mol. The third-order valence-electron chi connectivity index (χ3n) is 6.82. The van der Waals surface area contributed by atoms with E-state index in [2.05, 4.69) is 34.5 Å². The van der Waals surface area contributed by atoms with E-state index >= 15 is 0 Å². The van der Waals surface area contributed by atoms with Crippen molar-refractivity contribution in [2.75, 3.05) is 19.7 Å². The van der Waals surface area contributed by atoms with Gasteiger partial charge in [-0.05, 0) is 53.9 Å². The highest BCUT2D eigenvalue weighted by Crippen LogP contribution is 2.44. The highest BCUT2D eigenvalue weighted by Gasteiger charge is 2.38. The highest BCUT2D eigenvalue weighted by molar-refractivity contribution is 5.79. The molecule has 2 fully saturated rings. The Balaban J connectivity index is 1.13. The summed E-state index contributed by atoms with van der Waals surface area (Å²) in [6.45, 7) is 1.25. The van der Waals surface area contributed by atoms with E-state index in [0.29, 0.717) is 12.5 Å². The molecule has 0 radical (unpaired) electrons. The summed E-state index contributed by atoms with van der Waals surface area (Å²) in [6, 6.07) is 16.9. The van der Waals surface area contributed by atoms with Crippen LogP contribution in [-0.2, 0) is 9.53 Å². The third kappa shape index (κ3) is 4.30. The number of nitrogens with zero attached hydrogens (tertiary/aromatic N) is 1. The molecule has 2 saturated carbocycles. The normalized spacial score (nSPS) is 21.8. The molecule has 0 heterocycles. The summed E-state index contributed by atoms with van der Waals surface area (Å²) >= 11 is 0. The first-order valence-electron chi connectivity index (χ1n) is 11.2. The summed E-state index contributed by atoms with van der Waals surface area (Å²) in [6.07, 6.45) is 3.57. The molecule has 5 rings (SSSR count). The predicted molar refractivity (Wildman–Crippen MR) is 117 cm³/mol. The van der Waals surface area contributed by atoms with Gasteiger partial charge in [0.25, 0.3) is 0 Å². The van der Waals surface area contributed by atoms with Crippen molar-refractivity contribution in [3.63, 3.8) is 0 Å². The molecule has 0 saturated heterocycles. The van der Waals surface area contributed by atoms with Crippen LogP contribution in [0.5, 0.6) is 0 Å². The van der Waals surface area contributed by atoms with Crippen LogP contribution in [0.25, 0.3) is 11.1 Å². The molecule has 0 unspecified atom stereocenters. The fraction of sp³-hybridized carbons (Fsp3) is 0.440. The zero-order valence-electron chi connectivity index (χ0n) is 17.5. The number of carboxylic acid groups (broad SMARTS) is 1. The summed E-state index contributed by atoms with van der Waals surface area (Å²) in [5.41, 5.74) is 4.82. The van der Waals surface area contributed by atoms with Gasteiger partial charge in [0.2, 0.25) is 0 Å². The van der Waals surface area contributed by atoms with E-state index in [0.717, 1.165) is 19.4 Å². The van der Waals surface area contributed by atoms with Crippen molar-refractivity contribution in [2.24, 2.45) is 5.92 Å². The SMILES string of the molecule is O=C(O)CN(CC1CC1)C1CC(NC(=O)OCC2c3ccccc3-c3ccccc32)C1. The molecule has 0 spiro atoms. The van der Waals surface area contributed by atoms with Gasteiger partial charge in [-0.15, -0.1) is 0 Å². The minimum Gasteiger partial charge on any atom is -0.480 e. The average Bonchev–Trinajstić information content (AvgIpc) is 3.49. The van der Waals surface area contributed by atoms with Crippen LogP contribution < -0.4 is 5.32 Å². The van der Waals surface area contributed by atoms with Gasteiger partial charge in [0.05, 0.1) is 6.54 Å². The maximum Gasteiger partial charge on any atom is 0.407 e. The van der Waals surface area contributed by atoms with Gasteiger partial charge in [-0.2, -0.15) is 0 Å². The number of alkyl carbamates (subject to hydrolysis) is 1. The molecule has 31 heavy (non-hydrogen) atoms. The van der Waals surface area contributed by atoms with E-state index < -0.39 is 12.1 Å². The molecule has 1 amide bonds. The van der Waals surface area contributed by atoms with Crippen molar-refractivity contribution in [1.29, 1.82) is 0 Å². The summed E-state index contributed by atoms with van der Waals surface area (Å²) in [7, 11) is 0. The Morgan fingerprint density at radius 1 is 1.00 bits per heavy atom. The number of benzene rings is 2. The number of amides is 1. The number of hydrogen-bond donors (Lipinski definition) is 2. The van der Waals surface area contributed by atoms with E-state index in [1.165, 1.54) is 35.1 Å². The Labute approximate surface area is 182 Å². The Morgan fingerprint density at radius 3 is 2.19 bits per heavy atom. The van der Waals surface area contributed by atoms with Crippen LogP contribution in [0.15, 0.2) is 48.5 Å². The molecule has 2 N–H and O–H groups in total. The molecule has 2 aromatic rings. The van der Waals surface area contributed by atoms with Crippen LogP contribution in [0.2, 0.25) is 0 Å². The van der Waals surface area contributed by atoms with Crippen molar-refractivity contribution in [1.82, 2.24) is 10.2 Å². The number of carbonyl (C=O) groups is 2. The number of ether oxygens (including phenoxy) is 1. The lowest BCUT2D eigenvalue weighted by atomic mass is 9.85. The number of fused-ring (bicyclic) bond motifs is 3. The molecule has 3 aliphatic carbocycles. The standard InChI is InChI=1S/C25H28N2O4/c28-24(29)14-27(13-16-9-10-16)18-11-17(12-18)26-25(30)31-15-23-21-7-3-1-5-19(21)20-6-2-4-8-22(20)23/h1-8,16-18,23H,9-15H2,(H,26,30)(H,28,29). The zero-order chi connectivity index (χ0) is 21.4. The average molecular weight is 421 g/mol. The molecule has 6 heteroatoms. The second kappa shape index (κ2) is 8.35. The molecule has 3 aliphatic rings. The van der Waals surface area contributed by atoms with Crippen LogP contribution in [0.3, 0.4) is 0 Å². The van der Waals surface area contributed by atoms with E-state index in [-0.39, 0.29) is 24.5 Å². The number of nitrogens with one attached hydrogen (secondary N) is 1. The van der Waals surface area contributed by atoms with Gasteiger partial charge >= 0.3 is 12.1 Å². The van der Waals surface area contributed by atoms with Crippen LogP contribution in [0, 0.1) is 5.92 Å². The summed E-state index contributed by atoms with van der Waals surface area (Å²) in [5, 5.41) is 12.1. The number of aliphatic carboxylic acids is 1. The maximum atomic E-state index is 12.4. The van der Waals surface area contributed by atoms with Crippen LogP contribution in [0.1, 0.15) is 42.7 Å². The lowest BCUT2D eigenvalue weighted by molar-refractivity contribution is -0.139. The van der Waals surface area contributed by atoms with Crippen molar-refractivity contribution in [3.05, 3.63) is 59.7 Å². The van der Waals surface area contributed by atoms with Crippen molar-refractivity contribution < 1.29 is 19.4 Å². The number of carboxylic acids is 1. The Kier molecular flexibility index (Phi) is 5.40. The lowest BCUT2D eigenvalue weighted by Gasteiger charge is -2.42. The fourth-order valence-corrected chi connectivity index (χ4v) is 4.96. The van der Waals surface area contributed by atoms with E-state index in [1.807, 2.05) is 24.3 Å². The van der Waals surface area contributed by atoms with Gasteiger partial charge in [-0.3, -0.25) is 9.69 Å². The maximum absolute atomic E-state index is 12.4. The minimum absolute atomic E-state index is 0.0520. The van der Waals surface area contributed by atoms with E-state index in [4.69, 9.17) is 4.74 Å². The number of carbonyl (C=O) groups excluding carboxylic acids is 1. The molecule has 6 nitrogen and oxygen atoms in total. The molecule has 162 valence electrons. The zero-order valence-corrected chi connectivity index (χ0v) is 17.5. The van der Waals surface area contributed by atoms with E-state index in [9.17, 15) is 14.7 Å². The van der Waals surface area contributed by atoms with Gasteiger partial charge in [-0.25, -0.2) is 4.79 Å². The largest absolute Gasteiger partial charge is 0.480 e. The molecule has 2 aromatic carbocycles. The van der Waals surface area contributed by atoms with Crippen molar-refractivity contribution >= 4 is 12.1 Å². The predicted octanol–water partition coefficient (Wildman–Crippen LogP) is 3.85. The fourth-order valence-electron chi connectivity index (χ4n) is 4.96. The lowest BCUT2D eigenvalue weighted by Crippen LogP contribution is -2.55. The minimum atomic E-state index is -0.784. The van der Waals surface area contributed by atoms with Crippen LogP contribution in [-0.4, -0.2) is 53.8 Å². The summed E-state index contributed by atoms with van der Waals surface area (Å²) in [5.74, 6) is -0.0843. The second-order valence-corrected chi connectivity index (χ2v) is 9.06. The van der Waals surface area contributed by atoms with Gasteiger partial charge in [0.1, 0.15) is 6.61 Å². The summed E-state index contributed by atoms with van der Waals surface area (Å²) < 4.78 is 5.62. The monoisotopic (exact) mass is 420 g/mol. The topological polar surface area (TPSA) is 78.9 Å². The first-order chi connectivity index (χ1) is 15.1. The highest BCUT2D eigenvalue weighted by atomic mass is 16.5. The van der Waals surface area contributed by atoms with Crippen LogP contribution in [0.4, 0.5) is 4.79 Å². The molecule has 0 bridgehead atoms. The first kappa shape index (κ1) is 20.1. The molecule has 0 aromatic heterocycles. The Hall–Kier alpha value is -2.86. The summed E-state index contributed by atoms with van der Waals surface area (Å²) in [4.78, 5) is 25.7. The van der Waals surface area contributed by atoms with Crippen molar-refractivity contribution in [3.8, 4) is 11.1 Å². The first-order valence-corrected chi connectivity index (χ1v) is 11.2. The number of rotatable bonds is 8. The molecule has 0 aliphatic heterocycles. The van der Waals surface area contributed by atoms with Crippen molar-refractivity contribution in [2.45, 2.75) is 43.7 Å². The van der Waals surface area contributed by atoms with Gasteiger partial charge in [0, 0.05) is 24.5 Å². The number of hydrogen-bond acceptors (Lipinski definition) is 4. The smallest absolute Gasteiger partial charge is 0.407 e. The molecule has 0 atom stereocenters. The van der Waals surface area contributed by atoms with E-state index in [1.54, 1.807) is 0 Å². The van der Waals surface area contributed by atoms with Crippen LogP contribution >= 0.6 is 0 Å². The quantitative estimate of drug-likeness (QED) is 0.678. The Morgan fingerprint density at radius 2 is 1.61 bits per heavy atom. The third-order valence-corrected chi connectivity index (χ3v) is 6.82. The van der Waals surface area contributed by atoms with Gasteiger partial charge < -0.3 is 15.2 Å². The van der Waals surface area contributed by atoms with Gasteiger partial charge in [0.15, 0.2) is 0 Å². The second-order valence-electron chi connectivity index (χ2n) is 9.06. The Bertz CT molecular complexity index is 935. The molecular formula is C25H28N2O4. The van der Waals surface area contributed by atoms with Gasteiger partial charge in [-0.1, -0.05) is 48.5 Å².